The lowest BCUT2D eigenvalue weighted by Crippen LogP contribution is -2.50. The van der Waals surface area contributed by atoms with Crippen LogP contribution >= 0.6 is 11.3 Å². The summed E-state index contributed by atoms with van der Waals surface area (Å²) in [6.45, 7) is 10.0. The summed E-state index contributed by atoms with van der Waals surface area (Å²) in [5, 5.41) is 21.0. The first-order valence-corrected chi connectivity index (χ1v) is 22.5. The van der Waals surface area contributed by atoms with Gasteiger partial charge in [0.05, 0.1) is 35.3 Å². The Morgan fingerprint density at radius 1 is 1.06 bits per heavy atom. The topological polar surface area (TPSA) is 236 Å². The van der Waals surface area contributed by atoms with Gasteiger partial charge in [0, 0.05) is 44.3 Å². The standard InChI is InChI=1S/C29H38N8O6.C12H12N2OS.C4H10/c30-21-13-22(33-17-32-21)34-20-12-18(16-43-11-1-2-23(39)31-14-24(40)36-10-3-19(38)15-36)25-26(41)35-29(37(25)27(20)42)8-6-28(4-5-28)7-9-29;1-9-12(16-8-14-9)11-4-2-10(3-5-11)6-13-7-15;1-4(2)3/h12-13,17,19,38H,1-11,14-16H2,(H,31,39)(H,35,41)(H3,30,32,33,34);2-5,7-8H,6H2,1H3,(H,13,15);4H,1-3H3. The van der Waals surface area contributed by atoms with E-state index in [1.807, 2.05) is 24.6 Å². The van der Waals surface area contributed by atoms with Crippen LogP contribution in [0.25, 0.3) is 10.4 Å². The third kappa shape index (κ3) is 12.3. The molecule has 4 aliphatic rings. The number of nitrogens with one attached hydrogen (secondary N) is 4. The fourth-order valence-corrected chi connectivity index (χ4v) is 8.83. The van der Waals surface area contributed by atoms with Crippen molar-refractivity contribution in [2.75, 3.05) is 37.3 Å². The van der Waals surface area contributed by atoms with Crippen molar-refractivity contribution in [2.24, 2.45) is 11.3 Å². The molecule has 1 saturated heterocycles. The number of hydrogen-bond donors (Lipinski definition) is 6. The number of aliphatic hydroxyl groups is 1. The van der Waals surface area contributed by atoms with Gasteiger partial charge < -0.3 is 41.7 Å². The summed E-state index contributed by atoms with van der Waals surface area (Å²) in [6.07, 6.45) is 8.31. The second kappa shape index (κ2) is 21.1. The summed E-state index contributed by atoms with van der Waals surface area (Å²) in [4.78, 5) is 76.8. The Morgan fingerprint density at radius 2 is 1.78 bits per heavy atom. The van der Waals surface area contributed by atoms with Crippen LogP contribution < -0.4 is 32.6 Å². The summed E-state index contributed by atoms with van der Waals surface area (Å²) in [6, 6.07) is 11.3. The first-order valence-electron chi connectivity index (χ1n) is 21.6. The molecule has 2 saturated carbocycles. The van der Waals surface area contributed by atoms with Crippen LogP contribution in [0.2, 0.25) is 0 Å². The summed E-state index contributed by atoms with van der Waals surface area (Å²) < 4.78 is 7.50. The average molecular weight is 885 g/mol. The lowest BCUT2D eigenvalue weighted by molar-refractivity contribution is -0.132. The zero-order valence-electron chi connectivity index (χ0n) is 36.6. The lowest BCUT2D eigenvalue weighted by atomic mass is 9.79. The number of rotatable bonds is 14. The molecule has 7 N–H and O–H groups in total. The molecule has 4 aromatic rings. The smallest absolute Gasteiger partial charge is 0.276 e. The van der Waals surface area contributed by atoms with E-state index < -0.39 is 11.8 Å². The number of anilines is 3. The molecule has 1 aromatic carbocycles. The van der Waals surface area contributed by atoms with E-state index in [4.69, 9.17) is 10.5 Å². The number of ether oxygens (including phenoxy) is 1. The summed E-state index contributed by atoms with van der Waals surface area (Å²) >= 11 is 1.64. The van der Waals surface area contributed by atoms with Crippen LogP contribution in [0.15, 0.2) is 53.0 Å². The number of aliphatic hydroxyl groups excluding tert-OH is 1. The van der Waals surface area contributed by atoms with Crippen molar-refractivity contribution in [3.05, 3.63) is 81.1 Å². The molecule has 17 nitrogen and oxygen atoms in total. The van der Waals surface area contributed by atoms with Crippen LogP contribution in [0.3, 0.4) is 0 Å². The molecule has 3 aromatic heterocycles. The maximum absolute atomic E-state index is 13.9. The van der Waals surface area contributed by atoms with Gasteiger partial charge in [-0.05, 0) is 86.8 Å². The van der Waals surface area contributed by atoms with Gasteiger partial charge in [0.25, 0.3) is 11.5 Å². The quantitative estimate of drug-likeness (QED) is 0.0744. The number of carbonyl (C=O) groups is 4. The van der Waals surface area contributed by atoms with Gasteiger partial charge in [-0.15, -0.1) is 11.3 Å². The van der Waals surface area contributed by atoms with Crippen molar-refractivity contribution in [1.82, 2.24) is 40.4 Å². The number of aryl methyl sites for hydroxylation is 1. The highest BCUT2D eigenvalue weighted by molar-refractivity contribution is 7.13. The Morgan fingerprint density at radius 3 is 2.40 bits per heavy atom. The Bertz CT molecular complexity index is 2280. The normalized spacial score (nSPS) is 17.5. The van der Waals surface area contributed by atoms with Crippen molar-refractivity contribution in [3.63, 3.8) is 0 Å². The van der Waals surface area contributed by atoms with Gasteiger partial charge in [-0.25, -0.2) is 15.0 Å². The highest BCUT2D eigenvalue weighted by atomic mass is 32.1. The number of carbonyl (C=O) groups excluding carboxylic acids is 4. The molecule has 3 fully saturated rings. The third-order valence-corrected chi connectivity index (χ3v) is 12.5. The van der Waals surface area contributed by atoms with Gasteiger partial charge in [-0.2, -0.15) is 0 Å². The van der Waals surface area contributed by atoms with Crippen LogP contribution in [-0.2, 0) is 37.9 Å². The van der Waals surface area contributed by atoms with Gasteiger partial charge in [-0.1, -0.05) is 45.0 Å². The Kier molecular flexibility index (Phi) is 15.7. The number of nitrogens with two attached hydrogens (primary N) is 1. The van der Waals surface area contributed by atoms with Crippen molar-refractivity contribution in [3.8, 4) is 10.4 Å². The predicted molar refractivity (Wildman–Crippen MR) is 241 cm³/mol. The molecule has 8 rings (SSSR count). The average Bonchev–Trinajstić information content (AvgIpc) is 3.49. The second-order valence-corrected chi connectivity index (χ2v) is 18.3. The van der Waals surface area contributed by atoms with E-state index in [-0.39, 0.29) is 61.0 Å². The molecule has 18 heteroatoms. The number of amides is 4. The van der Waals surface area contributed by atoms with Gasteiger partial charge in [-0.3, -0.25) is 28.5 Å². The molecular formula is C45H60N10O7S. The molecule has 5 heterocycles. The second-order valence-electron chi connectivity index (χ2n) is 17.4. The minimum absolute atomic E-state index is 0.0566. The van der Waals surface area contributed by atoms with E-state index in [0.29, 0.717) is 74.2 Å². The Labute approximate surface area is 371 Å². The van der Waals surface area contributed by atoms with Crippen LogP contribution in [0.4, 0.5) is 17.3 Å². The van der Waals surface area contributed by atoms with Gasteiger partial charge in [0.1, 0.15) is 35.0 Å². The predicted octanol–water partition coefficient (Wildman–Crippen LogP) is 4.75. The van der Waals surface area contributed by atoms with Crippen LogP contribution in [0, 0.1) is 18.3 Å². The third-order valence-electron chi connectivity index (χ3n) is 11.6. The Hall–Kier alpha value is -5.72. The molecule has 338 valence electrons. The number of nitrogens with zero attached hydrogens (tertiary/aromatic N) is 5. The molecular weight excluding hydrogens is 825 g/mol. The van der Waals surface area contributed by atoms with Crippen molar-refractivity contribution in [2.45, 2.75) is 110 Å². The van der Waals surface area contributed by atoms with E-state index >= 15 is 0 Å². The molecule has 0 bridgehead atoms. The molecule has 63 heavy (non-hydrogen) atoms. The highest BCUT2D eigenvalue weighted by Crippen LogP contribution is 2.59. The largest absolute Gasteiger partial charge is 0.391 e. The summed E-state index contributed by atoms with van der Waals surface area (Å²) in [5.41, 5.74) is 11.3. The van der Waals surface area contributed by atoms with E-state index in [1.165, 1.54) is 40.6 Å². The Balaban J connectivity index is 0.000000273. The van der Waals surface area contributed by atoms with Crippen LogP contribution in [-0.4, -0.2) is 86.0 Å². The fourth-order valence-electron chi connectivity index (χ4n) is 8.02. The number of thiazole rings is 1. The van der Waals surface area contributed by atoms with Gasteiger partial charge in [0.15, 0.2) is 0 Å². The van der Waals surface area contributed by atoms with Gasteiger partial charge >= 0.3 is 0 Å². The SMILES string of the molecule is CC(C)C.Cc1ncsc1-c1ccc(CNC=O)cc1.Nc1cc(Nc2cc(COCCCC(=O)NCC(=O)N3CCC(O)C3)c3n(c2=O)C2(CCC4(CC4)CC2)NC3=O)ncn1. The molecule has 2 aliphatic carbocycles. The number of aromatic nitrogens is 4. The summed E-state index contributed by atoms with van der Waals surface area (Å²) in [5.74, 6) is 0.654. The van der Waals surface area contributed by atoms with Gasteiger partial charge in [0.2, 0.25) is 18.2 Å². The number of β-amino-alcohol motifs (C(OH)–C–C–N with tert-alkyl or cyclic N) is 1. The van der Waals surface area contributed by atoms with Crippen molar-refractivity contribution < 1.29 is 29.0 Å². The number of hydrogen-bond acceptors (Lipinski definition) is 13. The maximum atomic E-state index is 13.9. The molecule has 1 unspecified atom stereocenters. The lowest BCUT2D eigenvalue weighted by Gasteiger charge is -2.39. The van der Waals surface area contributed by atoms with Crippen LogP contribution in [0.1, 0.15) is 106 Å². The first-order chi connectivity index (χ1) is 30.2. The van der Waals surface area contributed by atoms with E-state index in [2.05, 4.69) is 69.1 Å². The summed E-state index contributed by atoms with van der Waals surface area (Å²) in [7, 11) is 0. The number of pyridine rings is 1. The number of fused-ring (bicyclic) bond motifs is 2. The van der Waals surface area contributed by atoms with Crippen molar-refractivity contribution >= 4 is 52.8 Å². The molecule has 0 radical (unpaired) electrons. The minimum atomic E-state index is -0.781. The number of nitrogen functional groups attached to an aromatic ring is 1. The molecule has 4 amide bonds. The fraction of sp³-hybridized carbons (Fsp3) is 0.511. The van der Waals surface area contributed by atoms with Crippen molar-refractivity contribution in [1.29, 1.82) is 0 Å². The molecule has 1 atom stereocenters. The van der Waals surface area contributed by atoms with E-state index in [9.17, 15) is 29.1 Å². The molecule has 2 spiro atoms. The monoisotopic (exact) mass is 884 g/mol. The molecule has 2 aliphatic heterocycles. The highest BCUT2D eigenvalue weighted by Gasteiger charge is 2.54. The number of likely N-dealkylation sites (tertiary alicyclic amines) is 1. The number of benzene rings is 1. The van der Waals surface area contributed by atoms with E-state index in [1.54, 1.807) is 22.0 Å². The maximum Gasteiger partial charge on any atom is 0.276 e. The zero-order valence-corrected chi connectivity index (χ0v) is 37.4. The first kappa shape index (κ1) is 46.8. The zero-order chi connectivity index (χ0) is 45.1. The van der Waals surface area contributed by atoms with E-state index in [0.717, 1.165) is 30.0 Å². The van der Waals surface area contributed by atoms with Crippen LogP contribution in [0.5, 0.6) is 0 Å². The minimum Gasteiger partial charge on any atom is -0.391 e.